The van der Waals surface area contributed by atoms with Crippen molar-refractivity contribution in [3.8, 4) is 0 Å². The first-order chi connectivity index (χ1) is 14.1. The molecule has 2 amide bonds. The van der Waals surface area contributed by atoms with Gasteiger partial charge < -0.3 is 20.1 Å². The van der Waals surface area contributed by atoms with E-state index in [9.17, 15) is 19.2 Å². The summed E-state index contributed by atoms with van der Waals surface area (Å²) in [5, 5.41) is 5.40. The number of carbonyl (C=O) groups excluding carboxylic acids is 4. The molecule has 0 radical (unpaired) electrons. The zero-order valence-electron chi connectivity index (χ0n) is 19.3. The molecule has 0 atom stereocenters. The first kappa shape index (κ1) is 27.9. The van der Waals surface area contributed by atoms with Crippen LogP contribution in [-0.4, -0.2) is 50.1 Å². The van der Waals surface area contributed by atoms with Gasteiger partial charge in [0, 0.05) is 25.9 Å². The van der Waals surface area contributed by atoms with Crippen molar-refractivity contribution in [2.45, 2.75) is 73.1 Å². The number of rotatable bonds is 16. The maximum atomic E-state index is 11.7. The van der Waals surface area contributed by atoms with Crippen LogP contribution in [0.1, 0.15) is 73.1 Å². The summed E-state index contributed by atoms with van der Waals surface area (Å²) in [6.07, 6.45) is 2.56. The molecule has 174 valence electrons. The average molecular weight is 429 g/mol. The second kappa shape index (κ2) is 16.7. The lowest BCUT2D eigenvalue weighted by molar-refractivity contribution is -0.144. The molecule has 0 fully saturated rings. The smallest absolute Gasteiger partial charge is 0.307 e. The van der Waals surface area contributed by atoms with Crippen LogP contribution >= 0.6 is 0 Å². The number of nitrogens with one attached hydrogen (secondary N) is 2. The highest BCUT2D eigenvalue weighted by Crippen LogP contribution is 2.08. The first-order valence-electron chi connectivity index (χ1n) is 10.9. The number of hydrogen-bond donors (Lipinski definition) is 2. The van der Waals surface area contributed by atoms with Gasteiger partial charge in [-0.15, -0.1) is 0 Å². The van der Waals surface area contributed by atoms with E-state index in [-0.39, 0.29) is 67.4 Å². The highest BCUT2D eigenvalue weighted by molar-refractivity contribution is 5.77. The van der Waals surface area contributed by atoms with Gasteiger partial charge in [0.2, 0.25) is 11.8 Å². The van der Waals surface area contributed by atoms with E-state index in [0.29, 0.717) is 38.9 Å². The fourth-order valence-corrected chi connectivity index (χ4v) is 2.53. The van der Waals surface area contributed by atoms with Gasteiger partial charge in [-0.05, 0) is 30.6 Å². The second-order valence-corrected chi connectivity index (χ2v) is 8.52. The van der Waals surface area contributed by atoms with Crippen LogP contribution in [0.5, 0.6) is 0 Å². The predicted octanol–water partition coefficient (Wildman–Crippen LogP) is 2.59. The molecule has 0 rings (SSSR count). The number of carbonyl (C=O) groups is 4. The van der Waals surface area contributed by atoms with Crippen LogP contribution < -0.4 is 10.6 Å². The molecule has 0 saturated carbocycles. The standard InChI is InChI=1S/C22H40N2O6/c1-16(2)14-19(25)23-10-6-21(27)29-12-8-18(5)9-13-30-22(28)7-11-24-20(26)15-17(3)4/h16-18H,6-15H2,1-5H3,(H,23,25)(H,24,26). The van der Waals surface area contributed by atoms with Crippen LogP contribution in [0, 0.1) is 17.8 Å². The summed E-state index contributed by atoms with van der Waals surface area (Å²) in [6, 6.07) is 0. The van der Waals surface area contributed by atoms with E-state index in [2.05, 4.69) is 10.6 Å². The van der Waals surface area contributed by atoms with Crippen molar-refractivity contribution in [3.63, 3.8) is 0 Å². The Bertz CT molecular complexity index is 488. The van der Waals surface area contributed by atoms with Crippen molar-refractivity contribution in [1.82, 2.24) is 10.6 Å². The maximum absolute atomic E-state index is 11.7. The zero-order valence-corrected chi connectivity index (χ0v) is 19.3. The minimum atomic E-state index is -0.335. The van der Waals surface area contributed by atoms with E-state index in [0.717, 1.165) is 0 Å². The first-order valence-corrected chi connectivity index (χ1v) is 10.9. The Hall–Kier alpha value is -2.12. The molecule has 0 aromatic rings. The predicted molar refractivity (Wildman–Crippen MR) is 114 cm³/mol. The quantitative estimate of drug-likeness (QED) is 0.366. The fraction of sp³-hybridized carbons (Fsp3) is 0.818. The Balaban J connectivity index is 3.67. The van der Waals surface area contributed by atoms with Crippen LogP contribution in [0.4, 0.5) is 0 Å². The van der Waals surface area contributed by atoms with Crippen molar-refractivity contribution in [3.05, 3.63) is 0 Å². The minimum absolute atomic E-state index is 0.0566. The van der Waals surface area contributed by atoms with Crippen LogP contribution in [0.2, 0.25) is 0 Å². The molecule has 2 N–H and O–H groups in total. The van der Waals surface area contributed by atoms with E-state index in [1.807, 2.05) is 34.6 Å². The summed E-state index contributed by atoms with van der Waals surface area (Å²) in [6.45, 7) is 11.0. The molecule has 0 saturated heterocycles. The topological polar surface area (TPSA) is 111 Å². The molecule has 0 spiro atoms. The fourth-order valence-electron chi connectivity index (χ4n) is 2.53. The molecular formula is C22H40N2O6. The van der Waals surface area contributed by atoms with Gasteiger partial charge >= 0.3 is 11.9 Å². The van der Waals surface area contributed by atoms with Crippen LogP contribution in [0.25, 0.3) is 0 Å². The molecule has 0 heterocycles. The van der Waals surface area contributed by atoms with Crippen LogP contribution in [0.3, 0.4) is 0 Å². The highest BCUT2D eigenvalue weighted by atomic mass is 16.5. The SMILES string of the molecule is CC(C)CC(=O)NCCC(=O)OCCC(C)CCOC(=O)CCNC(=O)CC(C)C. The highest BCUT2D eigenvalue weighted by Gasteiger charge is 2.10. The van der Waals surface area contributed by atoms with Gasteiger partial charge in [-0.25, -0.2) is 0 Å². The Kier molecular flexibility index (Phi) is 15.5. The van der Waals surface area contributed by atoms with Crippen molar-refractivity contribution in [1.29, 1.82) is 0 Å². The number of ether oxygens (including phenoxy) is 2. The number of esters is 2. The van der Waals surface area contributed by atoms with Crippen molar-refractivity contribution in [2.75, 3.05) is 26.3 Å². The third-order valence-electron chi connectivity index (χ3n) is 4.24. The Labute approximate surface area is 180 Å². The largest absolute Gasteiger partial charge is 0.466 e. The van der Waals surface area contributed by atoms with Gasteiger partial charge in [-0.2, -0.15) is 0 Å². The van der Waals surface area contributed by atoms with Gasteiger partial charge in [0.15, 0.2) is 0 Å². The van der Waals surface area contributed by atoms with Crippen molar-refractivity contribution >= 4 is 23.8 Å². The van der Waals surface area contributed by atoms with Gasteiger partial charge in [0.05, 0.1) is 26.1 Å². The van der Waals surface area contributed by atoms with E-state index >= 15 is 0 Å². The Morgan fingerprint density at radius 1 is 0.667 bits per heavy atom. The molecule has 30 heavy (non-hydrogen) atoms. The molecular weight excluding hydrogens is 388 g/mol. The van der Waals surface area contributed by atoms with Gasteiger partial charge in [-0.3, -0.25) is 19.2 Å². The summed E-state index contributed by atoms with van der Waals surface area (Å²) in [5.74, 6) is 0.0254. The van der Waals surface area contributed by atoms with Gasteiger partial charge in [0.25, 0.3) is 0 Å². The van der Waals surface area contributed by atoms with E-state index in [4.69, 9.17) is 9.47 Å². The third kappa shape index (κ3) is 17.9. The lowest BCUT2D eigenvalue weighted by atomic mass is 10.1. The van der Waals surface area contributed by atoms with E-state index < -0.39 is 0 Å². The molecule has 0 aliphatic carbocycles. The lowest BCUT2D eigenvalue weighted by Crippen LogP contribution is -2.27. The Morgan fingerprint density at radius 2 is 1.03 bits per heavy atom. The number of hydrogen-bond acceptors (Lipinski definition) is 6. The maximum Gasteiger partial charge on any atom is 0.307 e. The van der Waals surface area contributed by atoms with Crippen molar-refractivity contribution in [2.24, 2.45) is 17.8 Å². The summed E-state index contributed by atoms with van der Waals surface area (Å²) in [5.41, 5.74) is 0. The third-order valence-corrected chi connectivity index (χ3v) is 4.24. The van der Waals surface area contributed by atoms with E-state index in [1.165, 1.54) is 0 Å². The van der Waals surface area contributed by atoms with E-state index in [1.54, 1.807) is 0 Å². The molecule has 0 aromatic carbocycles. The zero-order chi connectivity index (χ0) is 22.9. The normalized spacial score (nSPS) is 10.9. The molecule has 0 aliphatic rings. The molecule has 0 aromatic heterocycles. The summed E-state index contributed by atoms with van der Waals surface area (Å²) in [7, 11) is 0. The van der Waals surface area contributed by atoms with Gasteiger partial charge in [-0.1, -0.05) is 34.6 Å². The second-order valence-electron chi connectivity index (χ2n) is 8.52. The average Bonchev–Trinajstić information content (AvgIpc) is 2.60. The number of amides is 2. The molecule has 0 bridgehead atoms. The summed E-state index contributed by atoms with van der Waals surface area (Å²) < 4.78 is 10.3. The Morgan fingerprint density at radius 3 is 1.37 bits per heavy atom. The van der Waals surface area contributed by atoms with Crippen LogP contribution in [-0.2, 0) is 28.7 Å². The van der Waals surface area contributed by atoms with Crippen molar-refractivity contribution < 1.29 is 28.7 Å². The monoisotopic (exact) mass is 428 g/mol. The minimum Gasteiger partial charge on any atom is -0.466 e. The molecule has 8 heteroatoms. The lowest BCUT2D eigenvalue weighted by Gasteiger charge is -2.12. The molecule has 8 nitrogen and oxygen atoms in total. The van der Waals surface area contributed by atoms with Crippen LogP contribution in [0.15, 0.2) is 0 Å². The molecule has 0 unspecified atom stereocenters. The van der Waals surface area contributed by atoms with Gasteiger partial charge in [0.1, 0.15) is 0 Å². The summed E-state index contributed by atoms with van der Waals surface area (Å²) >= 11 is 0. The summed E-state index contributed by atoms with van der Waals surface area (Å²) in [4.78, 5) is 46.3. The molecule has 0 aliphatic heterocycles.